The first-order chi connectivity index (χ1) is 11.3. The van der Waals surface area contributed by atoms with E-state index in [1.165, 1.54) is 30.2 Å². The molecule has 0 radical (unpaired) electrons. The fraction of sp³-hybridized carbons (Fsp3) is 0.500. The number of nitrogens with one attached hydrogen (secondary N) is 1. The molecule has 0 bridgehead atoms. The monoisotopic (exact) mass is 335 g/mol. The highest BCUT2D eigenvalue weighted by molar-refractivity contribution is 6.39. The van der Waals surface area contributed by atoms with Crippen LogP contribution in [0.25, 0.3) is 0 Å². The number of ether oxygens (including phenoxy) is 1. The minimum atomic E-state index is -0.824. The molecular weight excluding hydrogens is 314 g/mol. The SMILES string of the molecule is COc1ccc([N+](=O)[O-])cc1NC(=O)C(=O)N1CC(C)CC(C)C1. The number of anilines is 1. The molecule has 0 saturated carbocycles. The summed E-state index contributed by atoms with van der Waals surface area (Å²) in [4.78, 5) is 36.4. The molecule has 1 aliphatic heterocycles. The Hall–Kier alpha value is -2.64. The maximum Gasteiger partial charge on any atom is 0.314 e. The van der Waals surface area contributed by atoms with Gasteiger partial charge in [0.05, 0.1) is 17.7 Å². The average molecular weight is 335 g/mol. The summed E-state index contributed by atoms with van der Waals surface area (Å²) in [6, 6.07) is 3.82. The van der Waals surface area contributed by atoms with Gasteiger partial charge >= 0.3 is 11.8 Å². The number of hydrogen-bond acceptors (Lipinski definition) is 5. The van der Waals surface area contributed by atoms with Gasteiger partial charge in [0, 0.05) is 25.2 Å². The summed E-state index contributed by atoms with van der Waals surface area (Å²) in [6.45, 7) is 5.14. The number of nitro benzene ring substituents is 1. The van der Waals surface area contributed by atoms with Crippen LogP contribution in [0.3, 0.4) is 0 Å². The van der Waals surface area contributed by atoms with E-state index in [1.807, 2.05) is 13.8 Å². The molecule has 1 aromatic carbocycles. The quantitative estimate of drug-likeness (QED) is 0.517. The van der Waals surface area contributed by atoms with Gasteiger partial charge in [-0.15, -0.1) is 0 Å². The Morgan fingerprint density at radius 3 is 2.46 bits per heavy atom. The molecule has 1 heterocycles. The number of non-ortho nitro benzene ring substituents is 1. The Morgan fingerprint density at radius 1 is 1.29 bits per heavy atom. The lowest BCUT2D eigenvalue weighted by atomic mass is 9.92. The van der Waals surface area contributed by atoms with Crippen molar-refractivity contribution in [2.75, 3.05) is 25.5 Å². The van der Waals surface area contributed by atoms with E-state index < -0.39 is 16.7 Å². The summed E-state index contributed by atoms with van der Waals surface area (Å²) < 4.78 is 5.08. The van der Waals surface area contributed by atoms with Crippen molar-refractivity contribution in [1.82, 2.24) is 4.90 Å². The van der Waals surface area contributed by atoms with Crippen LogP contribution in [-0.2, 0) is 9.59 Å². The molecule has 0 aromatic heterocycles. The molecule has 8 heteroatoms. The van der Waals surface area contributed by atoms with E-state index in [2.05, 4.69) is 5.32 Å². The third-order valence-electron chi connectivity index (χ3n) is 3.99. The molecule has 0 aliphatic carbocycles. The van der Waals surface area contributed by atoms with Crippen molar-refractivity contribution in [1.29, 1.82) is 0 Å². The Bertz CT molecular complexity index is 651. The zero-order valence-corrected chi connectivity index (χ0v) is 13.9. The van der Waals surface area contributed by atoms with E-state index in [0.29, 0.717) is 24.9 Å². The van der Waals surface area contributed by atoms with Crippen LogP contribution in [0.1, 0.15) is 20.3 Å². The van der Waals surface area contributed by atoms with Crippen molar-refractivity contribution >= 4 is 23.2 Å². The van der Waals surface area contributed by atoms with Gasteiger partial charge in [-0.05, 0) is 24.3 Å². The number of amides is 2. The highest BCUT2D eigenvalue weighted by atomic mass is 16.6. The summed E-state index contributed by atoms with van der Waals surface area (Å²) in [7, 11) is 1.38. The first kappa shape index (κ1) is 17.7. The normalized spacial score (nSPS) is 20.4. The molecule has 1 saturated heterocycles. The summed E-state index contributed by atoms with van der Waals surface area (Å²) in [6.07, 6.45) is 1.02. The first-order valence-electron chi connectivity index (χ1n) is 7.74. The predicted octanol–water partition coefficient (Wildman–Crippen LogP) is 2.05. The van der Waals surface area contributed by atoms with Crippen LogP contribution in [0, 0.1) is 22.0 Å². The van der Waals surface area contributed by atoms with Gasteiger partial charge in [-0.2, -0.15) is 0 Å². The lowest BCUT2D eigenvalue weighted by Crippen LogP contribution is -2.47. The molecule has 1 fully saturated rings. The van der Waals surface area contributed by atoms with E-state index in [1.54, 1.807) is 0 Å². The van der Waals surface area contributed by atoms with Crippen molar-refractivity contribution in [3.05, 3.63) is 28.3 Å². The second kappa shape index (κ2) is 7.29. The molecule has 130 valence electrons. The van der Waals surface area contributed by atoms with Crippen molar-refractivity contribution < 1.29 is 19.2 Å². The van der Waals surface area contributed by atoms with Crippen molar-refractivity contribution in [2.45, 2.75) is 20.3 Å². The molecule has 0 spiro atoms. The first-order valence-corrected chi connectivity index (χ1v) is 7.74. The van der Waals surface area contributed by atoms with Crippen molar-refractivity contribution in [3.63, 3.8) is 0 Å². The number of benzene rings is 1. The Kier molecular flexibility index (Phi) is 5.38. The number of likely N-dealkylation sites (tertiary alicyclic amines) is 1. The number of nitrogens with zero attached hydrogens (tertiary/aromatic N) is 2. The lowest BCUT2D eigenvalue weighted by Gasteiger charge is -2.34. The third kappa shape index (κ3) is 4.01. The largest absolute Gasteiger partial charge is 0.495 e. The Balaban J connectivity index is 2.15. The van der Waals surface area contributed by atoms with Gasteiger partial charge < -0.3 is 15.0 Å². The van der Waals surface area contributed by atoms with Crippen LogP contribution in [0.2, 0.25) is 0 Å². The molecule has 24 heavy (non-hydrogen) atoms. The number of hydrogen-bond donors (Lipinski definition) is 1. The Labute approximate surface area is 139 Å². The van der Waals surface area contributed by atoms with Gasteiger partial charge in [0.1, 0.15) is 5.75 Å². The molecular formula is C16H21N3O5. The molecule has 1 aliphatic rings. The van der Waals surface area contributed by atoms with Gasteiger partial charge in [-0.1, -0.05) is 13.8 Å². The van der Waals surface area contributed by atoms with Gasteiger partial charge in [0.25, 0.3) is 5.69 Å². The fourth-order valence-corrected chi connectivity index (χ4v) is 3.06. The van der Waals surface area contributed by atoms with E-state index in [0.717, 1.165) is 6.42 Å². The summed E-state index contributed by atoms with van der Waals surface area (Å²) in [5.41, 5.74) is -0.0954. The van der Waals surface area contributed by atoms with Crippen LogP contribution >= 0.6 is 0 Å². The summed E-state index contributed by atoms with van der Waals surface area (Å²) >= 11 is 0. The van der Waals surface area contributed by atoms with Crippen LogP contribution < -0.4 is 10.1 Å². The van der Waals surface area contributed by atoms with Gasteiger partial charge in [0.15, 0.2) is 0 Å². The highest BCUT2D eigenvalue weighted by Crippen LogP contribution is 2.29. The van der Waals surface area contributed by atoms with Crippen molar-refractivity contribution in [2.24, 2.45) is 11.8 Å². The highest BCUT2D eigenvalue weighted by Gasteiger charge is 2.29. The summed E-state index contributed by atoms with van der Waals surface area (Å²) in [5.74, 6) is -0.546. The van der Waals surface area contributed by atoms with E-state index in [-0.39, 0.29) is 17.1 Å². The van der Waals surface area contributed by atoms with Crippen molar-refractivity contribution in [3.8, 4) is 5.75 Å². The number of methoxy groups -OCH3 is 1. The van der Waals surface area contributed by atoms with Crippen LogP contribution in [0.4, 0.5) is 11.4 Å². The standard InChI is InChI=1S/C16H21N3O5/c1-10-6-11(2)9-18(8-10)16(21)15(20)17-13-7-12(19(22)23)4-5-14(13)24-3/h4-5,7,10-11H,6,8-9H2,1-3H3,(H,17,20). The molecule has 2 unspecified atom stereocenters. The molecule has 2 rings (SSSR count). The van der Waals surface area contributed by atoms with Gasteiger partial charge in [-0.3, -0.25) is 19.7 Å². The summed E-state index contributed by atoms with van der Waals surface area (Å²) in [5, 5.41) is 13.3. The number of nitro groups is 1. The second-order valence-corrected chi connectivity index (χ2v) is 6.25. The fourth-order valence-electron chi connectivity index (χ4n) is 3.06. The maximum absolute atomic E-state index is 12.4. The second-order valence-electron chi connectivity index (χ2n) is 6.25. The zero-order valence-electron chi connectivity index (χ0n) is 13.9. The minimum absolute atomic E-state index is 0.100. The minimum Gasteiger partial charge on any atom is -0.495 e. The molecule has 2 amide bonds. The predicted molar refractivity (Wildman–Crippen MR) is 87.8 cm³/mol. The van der Waals surface area contributed by atoms with Gasteiger partial charge in [-0.25, -0.2) is 0 Å². The number of piperidine rings is 1. The average Bonchev–Trinajstić information content (AvgIpc) is 2.52. The maximum atomic E-state index is 12.4. The van der Waals surface area contributed by atoms with E-state index in [9.17, 15) is 19.7 Å². The van der Waals surface area contributed by atoms with E-state index in [4.69, 9.17) is 4.74 Å². The third-order valence-corrected chi connectivity index (χ3v) is 3.99. The molecule has 2 atom stereocenters. The lowest BCUT2D eigenvalue weighted by molar-refractivity contribution is -0.384. The smallest absolute Gasteiger partial charge is 0.314 e. The molecule has 1 aromatic rings. The van der Waals surface area contributed by atoms with Crippen LogP contribution in [-0.4, -0.2) is 41.8 Å². The van der Waals surface area contributed by atoms with E-state index >= 15 is 0 Å². The Morgan fingerprint density at radius 2 is 1.92 bits per heavy atom. The molecule has 1 N–H and O–H groups in total. The number of rotatable bonds is 3. The molecule has 8 nitrogen and oxygen atoms in total. The van der Waals surface area contributed by atoms with Gasteiger partial charge in [0.2, 0.25) is 0 Å². The van der Waals surface area contributed by atoms with Crippen LogP contribution in [0.15, 0.2) is 18.2 Å². The number of carbonyl (C=O) groups excluding carboxylic acids is 2. The number of carbonyl (C=O) groups is 2. The zero-order chi connectivity index (χ0) is 17.9. The topological polar surface area (TPSA) is 102 Å². The van der Waals surface area contributed by atoms with Crippen LogP contribution in [0.5, 0.6) is 5.75 Å².